The number of hydrogen-bond donors (Lipinski definition) is 0. The molecule has 1 aromatic heterocycles. The van der Waals surface area contributed by atoms with Gasteiger partial charge < -0.3 is 14.2 Å². The van der Waals surface area contributed by atoms with Crippen molar-refractivity contribution in [1.29, 1.82) is 0 Å². The van der Waals surface area contributed by atoms with Gasteiger partial charge in [-0.2, -0.15) is 0 Å². The molecule has 0 bridgehead atoms. The maximum Gasteiger partial charge on any atom is 0.259 e. The highest BCUT2D eigenvalue weighted by Gasteiger charge is 2.39. The molecule has 6 heteroatoms. The van der Waals surface area contributed by atoms with Gasteiger partial charge in [0.15, 0.2) is 0 Å². The highest BCUT2D eigenvalue weighted by atomic mass is 16.5. The molecule has 2 fully saturated rings. The van der Waals surface area contributed by atoms with Crippen LogP contribution in [0.2, 0.25) is 0 Å². The third kappa shape index (κ3) is 2.77. The maximum absolute atomic E-state index is 12.8. The van der Waals surface area contributed by atoms with Gasteiger partial charge in [-0.15, -0.1) is 0 Å². The minimum Gasteiger partial charge on any atom is -0.379 e. The summed E-state index contributed by atoms with van der Waals surface area (Å²) < 4.78 is 10.6. The number of rotatable bonds is 3. The summed E-state index contributed by atoms with van der Waals surface area (Å²) in [5, 5.41) is 3.91. The molecule has 6 nitrogen and oxygen atoms in total. The number of carbonyl (C=O) groups excluding carboxylic acids is 1. The van der Waals surface area contributed by atoms with Gasteiger partial charge in [0, 0.05) is 32.2 Å². The molecule has 3 heterocycles. The summed E-state index contributed by atoms with van der Waals surface area (Å²) in [5.74, 6) is 1.21. The monoisotopic (exact) mass is 307 g/mol. The van der Waals surface area contributed by atoms with E-state index in [2.05, 4.69) is 17.0 Å². The fourth-order valence-electron chi connectivity index (χ4n) is 3.69. The van der Waals surface area contributed by atoms with E-state index in [1.165, 1.54) is 0 Å². The molecule has 1 amide bonds. The Morgan fingerprint density at radius 3 is 2.59 bits per heavy atom. The summed E-state index contributed by atoms with van der Waals surface area (Å²) in [4.78, 5) is 17.3. The molecule has 1 aromatic rings. The first-order chi connectivity index (χ1) is 10.6. The van der Waals surface area contributed by atoms with Gasteiger partial charge in [0.1, 0.15) is 11.3 Å². The standard InChI is InChI=1S/C16H25N3O3/c1-4-13-9-19(10-14(13)18-5-7-21-8-6-18)16(20)15-11(2)17-22-12(15)3/h13-14H,4-10H2,1-3H3. The van der Waals surface area contributed by atoms with Crippen molar-refractivity contribution in [2.24, 2.45) is 5.92 Å². The van der Waals surface area contributed by atoms with Gasteiger partial charge in [0.05, 0.1) is 18.9 Å². The van der Waals surface area contributed by atoms with Crippen LogP contribution in [0.1, 0.15) is 35.2 Å². The molecule has 2 atom stereocenters. The number of aryl methyl sites for hydroxylation is 2. The Kier molecular flexibility index (Phi) is 4.49. The fourth-order valence-corrected chi connectivity index (χ4v) is 3.69. The predicted molar refractivity (Wildman–Crippen MR) is 81.8 cm³/mol. The lowest BCUT2D eigenvalue weighted by atomic mass is 9.99. The Morgan fingerprint density at radius 2 is 2.00 bits per heavy atom. The Morgan fingerprint density at radius 1 is 1.27 bits per heavy atom. The van der Waals surface area contributed by atoms with E-state index in [0.717, 1.165) is 45.8 Å². The topological polar surface area (TPSA) is 58.8 Å². The number of nitrogens with zero attached hydrogens (tertiary/aromatic N) is 3. The van der Waals surface area contributed by atoms with E-state index in [-0.39, 0.29) is 5.91 Å². The second kappa shape index (κ2) is 6.38. The van der Waals surface area contributed by atoms with Crippen LogP contribution in [-0.2, 0) is 4.74 Å². The van der Waals surface area contributed by atoms with Crippen molar-refractivity contribution < 1.29 is 14.1 Å². The number of likely N-dealkylation sites (tertiary alicyclic amines) is 1. The first-order valence-electron chi connectivity index (χ1n) is 8.15. The number of amides is 1. The molecule has 2 aliphatic heterocycles. The maximum atomic E-state index is 12.8. The van der Waals surface area contributed by atoms with Crippen LogP contribution in [0, 0.1) is 19.8 Å². The zero-order valence-corrected chi connectivity index (χ0v) is 13.7. The number of ether oxygens (including phenoxy) is 1. The van der Waals surface area contributed by atoms with Gasteiger partial charge in [-0.1, -0.05) is 18.5 Å². The van der Waals surface area contributed by atoms with Crippen LogP contribution in [0.4, 0.5) is 0 Å². The van der Waals surface area contributed by atoms with Crippen LogP contribution in [0.5, 0.6) is 0 Å². The molecule has 2 unspecified atom stereocenters. The van der Waals surface area contributed by atoms with Crippen LogP contribution in [-0.4, -0.2) is 66.3 Å². The summed E-state index contributed by atoms with van der Waals surface area (Å²) in [5.41, 5.74) is 1.32. The fraction of sp³-hybridized carbons (Fsp3) is 0.750. The van der Waals surface area contributed by atoms with Gasteiger partial charge in [-0.25, -0.2) is 0 Å². The minimum absolute atomic E-state index is 0.0606. The molecule has 0 aliphatic carbocycles. The molecule has 22 heavy (non-hydrogen) atoms. The smallest absolute Gasteiger partial charge is 0.259 e. The van der Waals surface area contributed by atoms with Gasteiger partial charge in [-0.05, 0) is 19.8 Å². The molecule has 0 spiro atoms. The molecular weight excluding hydrogens is 282 g/mol. The average molecular weight is 307 g/mol. The van der Waals surface area contributed by atoms with Gasteiger partial charge in [0.25, 0.3) is 5.91 Å². The van der Waals surface area contributed by atoms with Crippen LogP contribution >= 0.6 is 0 Å². The summed E-state index contributed by atoms with van der Waals surface area (Å²) in [7, 11) is 0. The average Bonchev–Trinajstić information content (AvgIpc) is 3.11. The van der Waals surface area contributed by atoms with Crippen LogP contribution in [0.3, 0.4) is 0 Å². The number of hydrogen-bond acceptors (Lipinski definition) is 5. The summed E-state index contributed by atoms with van der Waals surface area (Å²) in [6.45, 7) is 11.0. The minimum atomic E-state index is 0.0606. The van der Waals surface area contributed by atoms with Gasteiger partial charge >= 0.3 is 0 Å². The van der Waals surface area contributed by atoms with E-state index in [1.54, 1.807) is 6.92 Å². The van der Waals surface area contributed by atoms with Crippen LogP contribution < -0.4 is 0 Å². The first kappa shape index (κ1) is 15.5. The van der Waals surface area contributed by atoms with Crippen molar-refractivity contribution in [2.75, 3.05) is 39.4 Å². The molecule has 0 N–H and O–H groups in total. The van der Waals surface area contributed by atoms with E-state index in [1.807, 2.05) is 11.8 Å². The van der Waals surface area contributed by atoms with E-state index in [9.17, 15) is 4.79 Å². The molecule has 0 saturated carbocycles. The van der Waals surface area contributed by atoms with Crippen molar-refractivity contribution >= 4 is 5.91 Å². The lowest BCUT2D eigenvalue weighted by Crippen LogP contribution is -2.47. The van der Waals surface area contributed by atoms with Crippen molar-refractivity contribution in [3.8, 4) is 0 Å². The van der Waals surface area contributed by atoms with Gasteiger partial charge in [0.2, 0.25) is 0 Å². The van der Waals surface area contributed by atoms with Crippen LogP contribution in [0.25, 0.3) is 0 Å². The summed E-state index contributed by atoms with van der Waals surface area (Å²) in [6.07, 6.45) is 1.09. The largest absolute Gasteiger partial charge is 0.379 e. The lowest BCUT2D eigenvalue weighted by molar-refractivity contribution is 0.0103. The Bertz CT molecular complexity index is 517. The molecule has 2 saturated heterocycles. The third-order valence-electron chi connectivity index (χ3n) is 4.98. The van der Waals surface area contributed by atoms with E-state index < -0.39 is 0 Å². The molecule has 0 aromatic carbocycles. The Hall–Kier alpha value is -1.40. The summed E-state index contributed by atoms with van der Waals surface area (Å²) >= 11 is 0. The van der Waals surface area contributed by atoms with E-state index in [0.29, 0.717) is 29.0 Å². The van der Waals surface area contributed by atoms with Gasteiger partial charge in [-0.3, -0.25) is 9.69 Å². The zero-order chi connectivity index (χ0) is 15.7. The lowest BCUT2D eigenvalue weighted by Gasteiger charge is -2.34. The van der Waals surface area contributed by atoms with Crippen LogP contribution in [0.15, 0.2) is 4.52 Å². The Balaban J connectivity index is 1.74. The normalized spacial score (nSPS) is 26.6. The SMILES string of the molecule is CCC1CN(C(=O)c2c(C)noc2C)CC1N1CCOCC1. The van der Waals surface area contributed by atoms with E-state index in [4.69, 9.17) is 9.26 Å². The zero-order valence-electron chi connectivity index (χ0n) is 13.7. The second-order valence-corrected chi connectivity index (χ2v) is 6.29. The summed E-state index contributed by atoms with van der Waals surface area (Å²) in [6, 6.07) is 0.443. The molecule has 122 valence electrons. The molecule has 0 radical (unpaired) electrons. The first-order valence-corrected chi connectivity index (χ1v) is 8.15. The van der Waals surface area contributed by atoms with E-state index >= 15 is 0 Å². The molecule has 2 aliphatic rings. The highest BCUT2D eigenvalue weighted by molar-refractivity contribution is 5.96. The quantitative estimate of drug-likeness (QED) is 0.846. The number of morpholine rings is 1. The van der Waals surface area contributed by atoms with Crippen molar-refractivity contribution in [3.63, 3.8) is 0 Å². The number of aromatic nitrogens is 1. The molecule has 3 rings (SSSR count). The number of carbonyl (C=O) groups is 1. The highest BCUT2D eigenvalue weighted by Crippen LogP contribution is 2.28. The van der Waals surface area contributed by atoms with Crippen molar-refractivity contribution in [1.82, 2.24) is 15.0 Å². The molecular formula is C16H25N3O3. The second-order valence-electron chi connectivity index (χ2n) is 6.29. The predicted octanol–water partition coefficient (Wildman–Crippen LogP) is 1.47. The third-order valence-corrected chi connectivity index (χ3v) is 4.98. The van der Waals surface area contributed by atoms with Crippen molar-refractivity contribution in [3.05, 3.63) is 17.0 Å². The Labute approximate surface area is 131 Å². The van der Waals surface area contributed by atoms with Crippen molar-refractivity contribution in [2.45, 2.75) is 33.2 Å².